The van der Waals surface area contributed by atoms with E-state index in [1.165, 1.54) is 26.0 Å². The van der Waals surface area contributed by atoms with Gasteiger partial charge in [-0.2, -0.15) is 0 Å². The molecule has 1 aromatic carbocycles. The van der Waals surface area contributed by atoms with Crippen LogP contribution in [0.2, 0.25) is 0 Å². The van der Waals surface area contributed by atoms with Crippen LogP contribution in [0.3, 0.4) is 0 Å². The van der Waals surface area contributed by atoms with Crippen molar-refractivity contribution in [2.24, 2.45) is 5.92 Å². The van der Waals surface area contributed by atoms with Crippen LogP contribution in [0.25, 0.3) is 0 Å². The van der Waals surface area contributed by atoms with E-state index >= 15 is 0 Å². The third kappa shape index (κ3) is 4.73. The highest BCUT2D eigenvalue weighted by molar-refractivity contribution is 7.92. The molecule has 0 heterocycles. The molecule has 0 radical (unpaired) electrons. The predicted octanol–water partition coefficient (Wildman–Crippen LogP) is 1.29. The predicted molar refractivity (Wildman–Crippen MR) is 83.3 cm³/mol. The fraction of sp³-hybridized carbons (Fsp3) is 0.429. The Morgan fingerprint density at radius 3 is 2.36 bits per heavy atom. The summed E-state index contributed by atoms with van der Waals surface area (Å²) in [5, 5.41) is 11.5. The van der Waals surface area contributed by atoms with Crippen molar-refractivity contribution in [2.75, 3.05) is 10.5 Å². The van der Waals surface area contributed by atoms with E-state index in [-0.39, 0.29) is 17.0 Å². The molecule has 0 aromatic heterocycles. The van der Waals surface area contributed by atoms with E-state index in [2.05, 4.69) is 10.0 Å². The van der Waals surface area contributed by atoms with Crippen LogP contribution in [-0.4, -0.2) is 37.2 Å². The molecule has 0 saturated heterocycles. The number of carboxylic acid groups (broad SMARTS) is 1. The molecule has 1 amide bonds. The maximum atomic E-state index is 12.2. The molecule has 0 fully saturated rings. The van der Waals surface area contributed by atoms with Gasteiger partial charge in [-0.25, -0.2) is 8.42 Å². The SMILES string of the molecule is CCS(=O)(=O)Nc1ccccc1C(=O)NC(C)C(C)C(=O)O. The van der Waals surface area contributed by atoms with Crippen LogP contribution in [0.4, 0.5) is 5.69 Å². The Hall–Kier alpha value is -2.09. The highest BCUT2D eigenvalue weighted by Gasteiger charge is 2.23. The first-order valence-corrected chi connectivity index (χ1v) is 8.46. The van der Waals surface area contributed by atoms with Gasteiger partial charge in [0.2, 0.25) is 10.0 Å². The van der Waals surface area contributed by atoms with Crippen molar-refractivity contribution in [1.29, 1.82) is 0 Å². The summed E-state index contributed by atoms with van der Waals surface area (Å²) in [4.78, 5) is 23.1. The number of para-hydroxylation sites is 1. The molecule has 0 saturated carbocycles. The molecule has 1 aromatic rings. The van der Waals surface area contributed by atoms with Gasteiger partial charge in [-0.15, -0.1) is 0 Å². The van der Waals surface area contributed by atoms with Crippen molar-refractivity contribution in [2.45, 2.75) is 26.8 Å². The van der Waals surface area contributed by atoms with Gasteiger partial charge in [-0.05, 0) is 32.9 Å². The summed E-state index contributed by atoms with van der Waals surface area (Å²) < 4.78 is 25.6. The molecule has 8 heteroatoms. The lowest BCUT2D eigenvalue weighted by molar-refractivity contribution is -0.141. The zero-order chi connectivity index (χ0) is 16.9. The maximum absolute atomic E-state index is 12.2. The highest BCUT2D eigenvalue weighted by atomic mass is 32.2. The number of hydrogen-bond donors (Lipinski definition) is 3. The zero-order valence-electron chi connectivity index (χ0n) is 12.7. The lowest BCUT2D eigenvalue weighted by Gasteiger charge is -2.19. The molecule has 22 heavy (non-hydrogen) atoms. The van der Waals surface area contributed by atoms with Crippen molar-refractivity contribution < 1.29 is 23.1 Å². The van der Waals surface area contributed by atoms with E-state index in [1.807, 2.05) is 0 Å². The summed E-state index contributed by atoms with van der Waals surface area (Å²) in [6, 6.07) is 5.56. The molecular weight excluding hydrogens is 308 g/mol. The molecular formula is C14H20N2O5S. The van der Waals surface area contributed by atoms with Gasteiger partial charge in [0, 0.05) is 6.04 Å². The number of carboxylic acids is 1. The molecule has 3 N–H and O–H groups in total. The fourth-order valence-electron chi connectivity index (χ4n) is 1.63. The Labute approximate surface area is 129 Å². The number of anilines is 1. The Morgan fingerprint density at radius 2 is 1.82 bits per heavy atom. The largest absolute Gasteiger partial charge is 0.481 e. The monoisotopic (exact) mass is 328 g/mol. The summed E-state index contributed by atoms with van der Waals surface area (Å²) in [5.74, 6) is -2.43. The van der Waals surface area contributed by atoms with Gasteiger partial charge in [0.05, 0.1) is 22.9 Å². The van der Waals surface area contributed by atoms with Gasteiger partial charge in [-0.3, -0.25) is 14.3 Å². The minimum atomic E-state index is -3.51. The summed E-state index contributed by atoms with van der Waals surface area (Å²) in [6.07, 6.45) is 0. The van der Waals surface area contributed by atoms with Gasteiger partial charge < -0.3 is 10.4 Å². The molecule has 122 valence electrons. The molecule has 1 rings (SSSR count). The van der Waals surface area contributed by atoms with Crippen LogP contribution in [0.1, 0.15) is 31.1 Å². The van der Waals surface area contributed by atoms with E-state index in [9.17, 15) is 18.0 Å². The van der Waals surface area contributed by atoms with Crippen molar-refractivity contribution in [3.63, 3.8) is 0 Å². The molecule has 2 unspecified atom stereocenters. The first-order chi connectivity index (χ1) is 10.2. The van der Waals surface area contributed by atoms with Gasteiger partial charge in [0.25, 0.3) is 5.91 Å². The fourth-order valence-corrected chi connectivity index (χ4v) is 2.29. The summed E-state index contributed by atoms with van der Waals surface area (Å²) >= 11 is 0. The number of carbonyl (C=O) groups is 2. The lowest BCUT2D eigenvalue weighted by atomic mass is 10.0. The summed E-state index contributed by atoms with van der Waals surface area (Å²) in [5.41, 5.74) is 0.306. The maximum Gasteiger partial charge on any atom is 0.308 e. The van der Waals surface area contributed by atoms with E-state index in [0.717, 1.165) is 0 Å². The number of rotatable bonds is 7. The minimum absolute atomic E-state index is 0.116. The van der Waals surface area contributed by atoms with E-state index in [1.54, 1.807) is 19.1 Å². The van der Waals surface area contributed by atoms with Crippen molar-refractivity contribution in [1.82, 2.24) is 5.32 Å². The van der Waals surface area contributed by atoms with E-state index in [0.29, 0.717) is 0 Å². The van der Waals surface area contributed by atoms with E-state index < -0.39 is 33.9 Å². The molecule has 0 bridgehead atoms. The van der Waals surface area contributed by atoms with E-state index in [4.69, 9.17) is 5.11 Å². The standard InChI is InChI=1S/C14H20N2O5S/c1-4-22(20,21)16-12-8-6-5-7-11(12)13(17)15-10(3)9(2)14(18)19/h5-10,16H,4H2,1-3H3,(H,15,17)(H,18,19). The number of benzene rings is 1. The molecule has 2 atom stereocenters. The Kier molecular flexibility index (Phi) is 5.92. The number of sulfonamides is 1. The van der Waals surface area contributed by atoms with Gasteiger partial charge in [0.1, 0.15) is 0 Å². The second kappa shape index (κ2) is 7.26. The van der Waals surface area contributed by atoms with Gasteiger partial charge in [0.15, 0.2) is 0 Å². The molecule has 0 aliphatic heterocycles. The minimum Gasteiger partial charge on any atom is -0.481 e. The average molecular weight is 328 g/mol. The van der Waals surface area contributed by atoms with Crippen molar-refractivity contribution in [3.05, 3.63) is 29.8 Å². The average Bonchev–Trinajstić information content (AvgIpc) is 2.46. The topological polar surface area (TPSA) is 113 Å². The first kappa shape index (κ1) is 18.0. The van der Waals surface area contributed by atoms with Crippen LogP contribution in [0, 0.1) is 5.92 Å². The number of nitrogens with one attached hydrogen (secondary N) is 2. The first-order valence-electron chi connectivity index (χ1n) is 6.81. The highest BCUT2D eigenvalue weighted by Crippen LogP contribution is 2.17. The Balaban J connectivity index is 2.97. The number of amides is 1. The quantitative estimate of drug-likeness (QED) is 0.698. The molecule has 0 spiro atoms. The normalized spacial score (nSPS) is 14.0. The second-order valence-electron chi connectivity index (χ2n) is 4.94. The number of aliphatic carboxylic acids is 1. The third-order valence-electron chi connectivity index (χ3n) is 3.32. The zero-order valence-corrected chi connectivity index (χ0v) is 13.5. The molecule has 7 nitrogen and oxygen atoms in total. The number of hydrogen-bond acceptors (Lipinski definition) is 4. The Bertz CT molecular complexity index is 657. The van der Waals surface area contributed by atoms with Crippen molar-refractivity contribution >= 4 is 27.6 Å². The summed E-state index contributed by atoms with van der Waals surface area (Å²) in [6.45, 7) is 4.55. The molecule has 0 aliphatic carbocycles. The van der Waals surface area contributed by atoms with Crippen LogP contribution in [0.15, 0.2) is 24.3 Å². The second-order valence-corrected chi connectivity index (χ2v) is 6.95. The molecule has 0 aliphatic rings. The van der Waals surface area contributed by atoms with Crippen LogP contribution in [0.5, 0.6) is 0 Å². The Morgan fingerprint density at radius 1 is 1.23 bits per heavy atom. The van der Waals surface area contributed by atoms with Crippen LogP contribution < -0.4 is 10.0 Å². The number of carbonyl (C=O) groups excluding carboxylic acids is 1. The van der Waals surface area contributed by atoms with Crippen LogP contribution >= 0.6 is 0 Å². The summed E-state index contributed by atoms with van der Waals surface area (Å²) in [7, 11) is -3.51. The van der Waals surface area contributed by atoms with Crippen LogP contribution in [-0.2, 0) is 14.8 Å². The van der Waals surface area contributed by atoms with Gasteiger partial charge in [-0.1, -0.05) is 12.1 Å². The smallest absolute Gasteiger partial charge is 0.308 e. The third-order valence-corrected chi connectivity index (χ3v) is 4.61. The van der Waals surface area contributed by atoms with Crippen molar-refractivity contribution in [3.8, 4) is 0 Å². The lowest BCUT2D eigenvalue weighted by Crippen LogP contribution is -2.40. The van der Waals surface area contributed by atoms with Gasteiger partial charge >= 0.3 is 5.97 Å².